The van der Waals surface area contributed by atoms with Gasteiger partial charge in [-0.25, -0.2) is 4.39 Å². The van der Waals surface area contributed by atoms with Crippen LogP contribution in [0.15, 0.2) is 18.2 Å². The van der Waals surface area contributed by atoms with E-state index in [0.717, 1.165) is 24.0 Å². The van der Waals surface area contributed by atoms with Crippen LogP contribution in [-0.4, -0.2) is 23.3 Å². The molecule has 0 aliphatic carbocycles. The number of carboxylic acid groups (broad SMARTS) is 1. The Bertz CT molecular complexity index is 528. The van der Waals surface area contributed by atoms with Crippen LogP contribution in [0.5, 0.6) is 0 Å². The molecular weight excluding hydrogens is 247 g/mol. The number of hydrogen-bond acceptors (Lipinski definition) is 2. The van der Waals surface area contributed by atoms with Crippen LogP contribution in [0.1, 0.15) is 30.4 Å². The van der Waals surface area contributed by atoms with Gasteiger partial charge in [-0.2, -0.15) is 0 Å². The number of aryl methyl sites for hydroxylation is 1. The van der Waals surface area contributed by atoms with Gasteiger partial charge in [0.15, 0.2) is 0 Å². The fourth-order valence-electron chi connectivity index (χ4n) is 3.46. The summed E-state index contributed by atoms with van der Waals surface area (Å²) < 4.78 is 19.1. The summed E-state index contributed by atoms with van der Waals surface area (Å²) in [7, 11) is 0. The van der Waals surface area contributed by atoms with Crippen molar-refractivity contribution in [2.45, 2.75) is 44.8 Å². The van der Waals surface area contributed by atoms with E-state index in [1.54, 1.807) is 6.07 Å². The summed E-state index contributed by atoms with van der Waals surface area (Å²) in [5.41, 5.74) is 0.838. The molecule has 2 aliphatic rings. The van der Waals surface area contributed by atoms with Gasteiger partial charge in [-0.1, -0.05) is 6.07 Å². The first kappa shape index (κ1) is 12.6. The number of carboxylic acids is 1. The van der Waals surface area contributed by atoms with Gasteiger partial charge in [0.25, 0.3) is 0 Å². The molecule has 0 radical (unpaired) electrons. The molecular formula is C15H17FO3. The van der Waals surface area contributed by atoms with Gasteiger partial charge >= 0.3 is 5.97 Å². The molecule has 0 saturated carbocycles. The molecule has 3 rings (SSSR count). The van der Waals surface area contributed by atoms with E-state index in [2.05, 4.69) is 0 Å². The molecule has 0 spiro atoms. The van der Waals surface area contributed by atoms with Crippen molar-refractivity contribution in [2.24, 2.45) is 5.41 Å². The van der Waals surface area contributed by atoms with Crippen LogP contribution in [0.2, 0.25) is 0 Å². The lowest BCUT2D eigenvalue weighted by atomic mass is 9.70. The fourth-order valence-corrected chi connectivity index (χ4v) is 3.46. The maximum Gasteiger partial charge on any atom is 0.312 e. The number of aliphatic carboxylic acids is 1. The Kier molecular flexibility index (Phi) is 2.86. The van der Waals surface area contributed by atoms with Gasteiger partial charge < -0.3 is 9.84 Å². The van der Waals surface area contributed by atoms with Crippen molar-refractivity contribution in [1.29, 1.82) is 0 Å². The minimum Gasteiger partial charge on any atom is -0.481 e. The van der Waals surface area contributed by atoms with Crippen molar-refractivity contribution in [3.8, 4) is 0 Å². The zero-order valence-corrected chi connectivity index (χ0v) is 10.9. The summed E-state index contributed by atoms with van der Waals surface area (Å²) in [5.74, 6) is -1.13. The molecule has 3 atom stereocenters. The molecule has 3 unspecified atom stereocenters. The predicted octanol–water partition coefficient (Wildman–Crippen LogP) is 2.70. The molecule has 2 heterocycles. The van der Waals surface area contributed by atoms with E-state index in [1.807, 2.05) is 6.92 Å². The number of ether oxygens (including phenoxy) is 1. The molecule has 0 amide bonds. The van der Waals surface area contributed by atoms with Crippen LogP contribution in [0.4, 0.5) is 4.39 Å². The van der Waals surface area contributed by atoms with Crippen molar-refractivity contribution in [1.82, 2.24) is 0 Å². The van der Waals surface area contributed by atoms with Crippen molar-refractivity contribution in [2.75, 3.05) is 0 Å². The zero-order chi connectivity index (χ0) is 13.6. The van der Waals surface area contributed by atoms with Crippen LogP contribution >= 0.6 is 0 Å². The van der Waals surface area contributed by atoms with E-state index < -0.39 is 11.4 Å². The number of carbonyl (C=O) groups is 1. The normalized spacial score (nSPS) is 32.7. The summed E-state index contributed by atoms with van der Waals surface area (Å²) in [6, 6.07) is 4.56. The highest BCUT2D eigenvalue weighted by molar-refractivity contribution is 5.77. The number of fused-ring (bicyclic) bond motifs is 2. The smallest absolute Gasteiger partial charge is 0.312 e. The van der Waals surface area contributed by atoms with E-state index in [1.165, 1.54) is 12.1 Å². The minimum absolute atomic E-state index is 0.0648. The van der Waals surface area contributed by atoms with Crippen LogP contribution in [0.3, 0.4) is 0 Å². The second-order valence-electron chi connectivity index (χ2n) is 5.74. The van der Waals surface area contributed by atoms with Gasteiger partial charge in [-0.3, -0.25) is 4.79 Å². The molecule has 4 heteroatoms. The number of rotatable bonds is 3. The molecule has 3 nitrogen and oxygen atoms in total. The lowest BCUT2D eigenvalue weighted by molar-refractivity contribution is -0.152. The van der Waals surface area contributed by atoms with E-state index in [4.69, 9.17) is 4.74 Å². The van der Waals surface area contributed by atoms with Crippen molar-refractivity contribution in [3.63, 3.8) is 0 Å². The van der Waals surface area contributed by atoms with Gasteiger partial charge in [0.2, 0.25) is 0 Å². The zero-order valence-electron chi connectivity index (χ0n) is 10.9. The largest absolute Gasteiger partial charge is 0.481 e. The average molecular weight is 264 g/mol. The van der Waals surface area contributed by atoms with Crippen LogP contribution in [-0.2, 0) is 16.0 Å². The Morgan fingerprint density at radius 1 is 1.53 bits per heavy atom. The SMILES string of the molecule is Cc1ccc(F)cc1CC1(C(=O)O)CC2CCC1O2. The summed E-state index contributed by atoms with van der Waals surface area (Å²) in [4.78, 5) is 11.7. The first-order chi connectivity index (χ1) is 9.01. The number of benzene rings is 1. The molecule has 2 aliphatic heterocycles. The quantitative estimate of drug-likeness (QED) is 0.913. The Morgan fingerprint density at radius 3 is 2.89 bits per heavy atom. The summed E-state index contributed by atoms with van der Waals surface area (Å²) in [5, 5.41) is 9.63. The molecule has 102 valence electrons. The van der Waals surface area contributed by atoms with Gasteiger partial charge in [-0.05, 0) is 55.9 Å². The highest BCUT2D eigenvalue weighted by Crippen LogP contribution is 2.50. The van der Waals surface area contributed by atoms with E-state index in [9.17, 15) is 14.3 Å². The Morgan fingerprint density at radius 2 is 2.32 bits per heavy atom. The number of hydrogen-bond donors (Lipinski definition) is 1. The van der Waals surface area contributed by atoms with Crippen molar-refractivity contribution < 1.29 is 19.0 Å². The van der Waals surface area contributed by atoms with Crippen LogP contribution in [0.25, 0.3) is 0 Å². The lowest BCUT2D eigenvalue weighted by Crippen LogP contribution is -2.42. The molecule has 2 saturated heterocycles. The van der Waals surface area contributed by atoms with Crippen LogP contribution < -0.4 is 0 Å². The molecule has 19 heavy (non-hydrogen) atoms. The van der Waals surface area contributed by atoms with E-state index >= 15 is 0 Å². The molecule has 1 aromatic rings. The third-order valence-corrected chi connectivity index (χ3v) is 4.56. The second kappa shape index (κ2) is 4.30. The summed E-state index contributed by atoms with van der Waals surface area (Å²) >= 11 is 0. The standard InChI is InChI=1S/C15H17FO3/c1-9-2-3-11(16)6-10(9)7-15(14(17)18)8-12-4-5-13(15)19-12/h2-3,6,12-13H,4-5,7-8H2,1H3,(H,17,18). The Labute approximate surface area is 111 Å². The molecule has 2 bridgehead atoms. The van der Waals surface area contributed by atoms with Crippen molar-refractivity contribution >= 4 is 5.97 Å². The molecule has 1 aromatic carbocycles. The fraction of sp³-hybridized carbons (Fsp3) is 0.533. The Hall–Kier alpha value is -1.42. The van der Waals surface area contributed by atoms with Gasteiger partial charge in [0.1, 0.15) is 11.2 Å². The first-order valence-corrected chi connectivity index (χ1v) is 6.65. The van der Waals surface area contributed by atoms with Gasteiger partial charge in [-0.15, -0.1) is 0 Å². The highest BCUT2D eigenvalue weighted by atomic mass is 19.1. The van der Waals surface area contributed by atoms with Gasteiger partial charge in [0.05, 0.1) is 12.2 Å². The third kappa shape index (κ3) is 1.94. The monoisotopic (exact) mass is 264 g/mol. The summed E-state index contributed by atoms with van der Waals surface area (Å²) in [6.45, 7) is 1.89. The molecule has 1 N–H and O–H groups in total. The van der Waals surface area contributed by atoms with Crippen LogP contribution in [0, 0.1) is 18.2 Å². The maximum absolute atomic E-state index is 13.4. The van der Waals surface area contributed by atoms with E-state index in [0.29, 0.717) is 12.8 Å². The van der Waals surface area contributed by atoms with Gasteiger partial charge in [0, 0.05) is 0 Å². The van der Waals surface area contributed by atoms with Crippen molar-refractivity contribution in [3.05, 3.63) is 35.1 Å². The maximum atomic E-state index is 13.4. The molecule has 0 aromatic heterocycles. The minimum atomic E-state index is -0.874. The topological polar surface area (TPSA) is 46.5 Å². The predicted molar refractivity (Wildman–Crippen MR) is 67.4 cm³/mol. The Balaban J connectivity index is 1.95. The average Bonchev–Trinajstić information content (AvgIpc) is 2.94. The second-order valence-corrected chi connectivity index (χ2v) is 5.74. The lowest BCUT2D eigenvalue weighted by Gasteiger charge is -2.31. The van der Waals surface area contributed by atoms with E-state index in [-0.39, 0.29) is 18.0 Å². The third-order valence-electron chi connectivity index (χ3n) is 4.56. The summed E-state index contributed by atoms with van der Waals surface area (Å²) in [6.07, 6.45) is 2.48. The highest BCUT2D eigenvalue weighted by Gasteiger charge is 2.57. The first-order valence-electron chi connectivity index (χ1n) is 6.65. The molecule has 2 fully saturated rings. The number of halogens is 1.